The summed E-state index contributed by atoms with van der Waals surface area (Å²) >= 11 is 0. The Morgan fingerprint density at radius 3 is 1.67 bits per heavy atom. The van der Waals surface area contributed by atoms with Crippen molar-refractivity contribution in [1.29, 1.82) is 0 Å². The lowest BCUT2D eigenvalue weighted by Gasteiger charge is -2.41. The quantitative estimate of drug-likeness (QED) is 0.296. The van der Waals surface area contributed by atoms with E-state index in [0.29, 0.717) is 0 Å². The molecule has 1 heteroatoms. The van der Waals surface area contributed by atoms with Gasteiger partial charge in [-0.3, -0.25) is 0 Å². The van der Waals surface area contributed by atoms with Crippen LogP contribution in [0.5, 0.6) is 0 Å². The Morgan fingerprint density at radius 1 is 0.704 bits per heavy atom. The maximum Gasteiger partial charge on any atom is 0.0272 e. The normalized spacial score (nSPS) is 38.6. The van der Waals surface area contributed by atoms with Gasteiger partial charge in [0, 0.05) is 9.52 Å². The highest BCUT2D eigenvalue weighted by Crippen LogP contribution is 2.46. The standard InChI is InChI=1S/C26H46Si/c1-3-5-6-7-21-8-10-22(11-9-21)23-12-14-24(15-13-23)25-16-18-26(19-17-25)27-20-4-2/h4-6,21-26H,2-3,7-20,27H2,1H3. The Morgan fingerprint density at radius 2 is 1.19 bits per heavy atom. The monoisotopic (exact) mass is 386 g/mol. The predicted molar refractivity (Wildman–Crippen MR) is 124 cm³/mol. The Balaban J connectivity index is 1.33. The van der Waals surface area contributed by atoms with Crippen molar-refractivity contribution in [3.63, 3.8) is 0 Å². The molecule has 0 unspecified atom stereocenters. The first-order chi connectivity index (χ1) is 13.3. The minimum absolute atomic E-state index is 0.159. The van der Waals surface area contributed by atoms with Gasteiger partial charge in [0.2, 0.25) is 0 Å². The van der Waals surface area contributed by atoms with E-state index in [1.165, 1.54) is 31.7 Å². The zero-order chi connectivity index (χ0) is 18.9. The lowest BCUT2D eigenvalue weighted by molar-refractivity contribution is 0.113. The molecule has 3 saturated carbocycles. The van der Waals surface area contributed by atoms with Gasteiger partial charge in [-0.1, -0.05) is 56.4 Å². The summed E-state index contributed by atoms with van der Waals surface area (Å²) in [5, 5.41) is 0. The molecule has 3 fully saturated rings. The van der Waals surface area contributed by atoms with E-state index in [-0.39, 0.29) is 9.52 Å². The molecule has 154 valence electrons. The Kier molecular flexibility index (Phi) is 9.23. The Bertz CT molecular complexity index is 429. The van der Waals surface area contributed by atoms with Gasteiger partial charge in [0.25, 0.3) is 0 Å². The summed E-state index contributed by atoms with van der Waals surface area (Å²) in [5.41, 5.74) is 1.15. The third kappa shape index (κ3) is 6.62. The van der Waals surface area contributed by atoms with Crippen LogP contribution in [0.3, 0.4) is 0 Å². The second-order valence-electron chi connectivity index (χ2n) is 10.2. The van der Waals surface area contributed by atoms with Crippen molar-refractivity contribution in [2.24, 2.45) is 29.6 Å². The summed E-state index contributed by atoms with van der Waals surface area (Å²) in [6, 6.07) is 1.37. The van der Waals surface area contributed by atoms with Crippen LogP contribution in [0.25, 0.3) is 0 Å². The number of rotatable bonds is 8. The lowest BCUT2D eigenvalue weighted by atomic mass is 9.65. The highest BCUT2D eigenvalue weighted by atomic mass is 28.2. The first-order valence-electron chi connectivity index (χ1n) is 12.6. The van der Waals surface area contributed by atoms with Crippen LogP contribution in [-0.4, -0.2) is 9.52 Å². The molecule has 0 heterocycles. The summed E-state index contributed by atoms with van der Waals surface area (Å²) in [7, 11) is 0.159. The van der Waals surface area contributed by atoms with Crippen molar-refractivity contribution in [2.45, 2.75) is 108 Å². The highest BCUT2D eigenvalue weighted by Gasteiger charge is 2.34. The summed E-state index contributed by atoms with van der Waals surface area (Å²) in [5.74, 6) is 5.36. The summed E-state index contributed by atoms with van der Waals surface area (Å²) < 4.78 is 0. The second kappa shape index (κ2) is 11.6. The van der Waals surface area contributed by atoms with Crippen LogP contribution in [0, 0.1) is 29.6 Å². The minimum Gasteiger partial charge on any atom is -0.103 e. The molecule has 0 N–H and O–H groups in total. The van der Waals surface area contributed by atoms with Crippen LogP contribution >= 0.6 is 0 Å². The zero-order valence-corrected chi connectivity index (χ0v) is 19.6. The second-order valence-corrected chi connectivity index (χ2v) is 12.5. The molecular weight excluding hydrogens is 340 g/mol. The number of hydrogen-bond donors (Lipinski definition) is 0. The molecule has 27 heavy (non-hydrogen) atoms. The van der Waals surface area contributed by atoms with Crippen molar-refractivity contribution < 1.29 is 0 Å². The van der Waals surface area contributed by atoms with Crippen molar-refractivity contribution in [1.82, 2.24) is 0 Å². The van der Waals surface area contributed by atoms with E-state index in [2.05, 4.69) is 31.7 Å². The first-order valence-corrected chi connectivity index (χ1v) is 14.4. The zero-order valence-electron chi connectivity index (χ0n) is 18.2. The number of hydrogen-bond acceptors (Lipinski definition) is 0. The van der Waals surface area contributed by atoms with Crippen LogP contribution < -0.4 is 0 Å². The first kappa shape index (κ1) is 21.4. The van der Waals surface area contributed by atoms with E-state index in [1.807, 2.05) is 0 Å². The van der Waals surface area contributed by atoms with Crippen LogP contribution in [0.1, 0.15) is 96.8 Å². The van der Waals surface area contributed by atoms with Gasteiger partial charge >= 0.3 is 0 Å². The molecule has 0 aromatic heterocycles. The van der Waals surface area contributed by atoms with Crippen molar-refractivity contribution in [3.8, 4) is 0 Å². The van der Waals surface area contributed by atoms with Crippen molar-refractivity contribution in [3.05, 3.63) is 24.8 Å². The van der Waals surface area contributed by atoms with Crippen LogP contribution in [0.4, 0.5) is 0 Å². The minimum atomic E-state index is 0.159. The fourth-order valence-corrected chi connectivity index (χ4v) is 8.50. The number of allylic oxidation sites excluding steroid dienone is 3. The van der Waals surface area contributed by atoms with Crippen LogP contribution in [0.2, 0.25) is 11.6 Å². The smallest absolute Gasteiger partial charge is 0.0272 e. The van der Waals surface area contributed by atoms with E-state index in [4.69, 9.17) is 0 Å². The Labute approximate surface area is 172 Å². The lowest BCUT2D eigenvalue weighted by Crippen LogP contribution is -2.29. The predicted octanol–water partition coefficient (Wildman–Crippen LogP) is 7.71. The molecule has 0 radical (unpaired) electrons. The molecular formula is C26H46Si. The molecule has 0 spiro atoms. The summed E-state index contributed by atoms with van der Waals surface area (Å²) in [6.07, 6.45) is 28.2. The molecule has 0 aromatic carbocycles. The van der Waals surface area contributed by atoms with Gasteiger partial charge < -0.3 is 0 Å². The van der Waals surface area contributed by atoms with E-state index in [0.717, 1.165) is 35.1 Å². The average molecular weight is 387 g/mol. The molecule has 0 aliphatic heterocycles. The van der Waals surface area contributed by atoms with Crippen LogP contribution in [0.15, 0.2) is 24.8 Å². The third-order valence-electron chi connectivity index (χ3n) is 8.58. The van der Waals surface area contributed by atoms with Gasteiger partial charge in [-0.15, -0.1) is 6.58 Å². The summed E-state index contributed by atoms with van der Waals surface area (Å²) in [6.45, 7) is 6.18. The summed E-state index contributed by atoms with van der Waals surface area (Å²) in [4.78, 5) is 0. The maximum atomic E-state index is 3.93. The Hall–Kier alpha value is -0.303. The van der Waals surface area contributed by atoms with E-state index < -0.39 is 0 Å². The third-order valence-corrected chi connectivity index (χ3v) is 11.0. The van der Waals surface area contributed by atoms with E-state index >= 15 is 0 Å². The fraction of sp³-hybridized carbons (Fsp3) is 0.846. The molecule has 0 amide bonds. The molecule has 0 atom stereocenters. The fourth-order valence-electron chi connectivity index (χ4n) is 6.74. The van der Waals surface area contributed by atoms with Gasteiger partial charge in [-0.05, 0) is 99.8 Å². The van der Waals surface area contributed by atoms with Gasteiger partial charge in [-0.25, -0.2) is 0 Å². The molecule has 3 aliphatic rings. The van der Waals surface area contributed by atoms with Crippen LogP contribution in [-0.2, 0) is 0 Å². The topological polar surface area (TPSA) is 0 Å². The molecule has 3 rings (SSSR count). The van der Waals surface area contributed by atoms with Gasteiger partial charge in [0.1, 0.15) is 0 Å². The van der Waals surface area contributed by atoms with Crippen molar-refractivity contribution in [2.75, 3.05) is 0 Å². The van der Waals surface area contributed by atoms with Gasteiger partial charge in [0.15, 0.2) is 0 Å². The van der Waals surface area contributed by atoms with Gasteiger partial charge in [-0.2, -0.15) is 0 Å². The molecule has 0 nitrogen and oxygen atoms in total. The molecule has 3 aliphatic carbocycles. The maximum absolute atomic E-state index is 3.93. The van der Waals surface area contributed by atoms with E-state index in [1.54, 1.807) is 64.2 Å². The molecule has 0 aromatic rings. The molecule has 0 bridgehead atoms. The van der Waals surface area contributed by atoms with E-state index in [9.17, 15) is 0 Å². The average Bonchev–Trinajstić information content (AvgIpc) is 2.73. The largest absolute Gasteiger partial charge is 0.103 e. The van der Waals surface area contributed by atoms with Crippen molar-refractivity contribution >= 4 is 9.52 Å². The van der Waals surface area contributed by atoms with Gasteiger partial charge in [0.05, 0.1) is 0 Å². The molecule has 0 saturated heterocycles. The highest BCUT2D eigenvalue weighted by molar-refractivity contribution is 6.38. The SMILES string of the molecule is C=CC[SiH2]C1CCC(C2CCC(C3CCC(CC=CCC)CC3)CC2)CC1.